The topological polar surface area (TPSA) is 47.0 Å². The third-order valence-electron chi connectivity index (χ3n) is 2.04. The quantitative estimate of drug-likeness (QED) is 0.869. The summed E-state index contributed by atoms with van der Waals surface area (Å²) in [6.45, 7) is 0. The van der Waals surface area contributed by atoms with Crippen molar-refractivity contribution in [3.8, 4) is 5.75 Å². The molecule has 1 aromatic carbocycles. The Bertz CT molecular complexity index is 519. The van der Waals surface area contributed by atoms with Crippen molar-refractivity contribution in [1.82, 2.24) is 9.97 Å². The Balaban J connectivity index is 2.25. The van der Waals surface area contributed by atoms with Crippen LogP contribution in [0.25, 0.3) is 0 Å². The molecule has 1 N–H and O–H groups in total. The molecule has 0 atom stereocenters. The summed E-state index contributed by atoms with van der Waals surface area (Å²) in [4.78, 5) is 8.07. The third-order valence-corrected chi connectivity index (χ3v) is 2.60. The van der Waals surface area contributed by atoms with Gasteiger partial charge in [-0.3, -0.25) is 0 Å². The molecule has 0 fully saturated rings. The summed E-state index contributed by atoms with van der Waals surface area (Å²) in [5.74, 6) is 0.532. The van der Waals surface area contributed by atoms with Crippen molar-refractivity contribution < 1.29 is 9.13 Å². The largest absolute Gasteiger partial charge is 0.497 e. The molecule has 0 aliphatic heterocycles. The summed E-state index contributed by atoms with van der Waals surface area (Å²) in [7, 11) is 1.53. The Kier molecular flexibility index (Phi) is 3.72. The predicted octanol–water partition coefficient (Wildman–Crippen LogP) is 2.97. The Labute approximate surface area is 111 Å². The fraction of sp³-hybridized carbons (Fsp3) is 0.0909. The number of halogens is 2. The lowest BCUT2D eigenvalue weighted by Gasteiger charge is -2.07. The van der Waals surface area contributed by atoms with Gasteiger partial charge in [-0.25, -0.2) is 14.4 Å². The fourth-order valence-corrected chi connectivity index (χ4v) is 1.50. The molecule has 2 rings (SSSR count). The summed E-state index contributed by atoms with van der Waals surface area (Å²) in [5, 5.41) is 2.79. The van der Waals surface area contributed by atoms with E-state index in [9.17, 15) is 4.39 Å². The van der Waals surface area contributed by atoms with Crippen LogP contribution < -0.4 is 10.1 Å². The van der Waals surface area contributed by atoms with E-state index < -0.39 is 0 Å². The normalized spacial score (nSPS) is 10.1. The summed E-state index contributed by atoms with van der Waals surface area (Å²) in [6.07, 6.45) is 3.29. The maximum Gasteiger partial charge on any atom is 0.227 e. The van der Waals surface area contributed by atoms with Crippen LogP contribution >= 0.6 is 22.6 Å². The van der Waals surface area contributed by atoms with Crippen molar-refractivity contribution in [3.63, 3.8) is 0 Å². The SMILES string of the molecule is COc1ccc(F)c(Nc2ncc(I)cn2)c1. The van der Waals surface area contributed by atoms with Crippen LogP contribution in [0, 0.1) is 9.39 Å². The lowest BCUT2D eigenvalue weighted by Crippen LogP contribution is -1.99. The molecule has 17 heavy (non-hydrogen) atoms. The maximum absolute atomic E-state index is 13.5. The lowest BCUT2D eigenvalue weighted by atomic mass is 10.3. The molecule has 1 aromatic heterocycles. The Hall–Kier alpha value is -1.44. The van der Waals surface area contributed by atoms with Gasteiger partial charge in [0.2, 0.25) is 5.95 Å². The highest BCUT2D eigenvalue weighted by atomic mass is 127. The minimum atomic E-state index is -0.382. The molecule has 0 aliphatic carbocycles. The average molecular weight is 345 g/mol. The van der Waals surface area contributed by atoms with Gasteiger partial charge in [0.1, 0.15) is 11.6 Å². The molecule has 0 spiro atoms. The number of anilines is 2. The first-order valence-electron chi connectivity index (χ1n) is 4.77. The first-order chi connectivity index (χ1) is 8.19. The van der Waals surface area contributed by atoms with Crippen LogP contribution in [-0.4, -0.2) is 17.1 Å². The standard InChI is InChI=1S/C11H9FIN3O/c1-17-8-2-3-9(12)10(4-8)16-11-14-5-7(13)6-15-11/h2-6H,1H3,(H,14,15,16). The second-order valence-corrected chi connectivity index (χ2v) is 4.44. The van der Waals surface area contributed by atoms with E-state index in [0.717, 1.165) is 3.57 Å². The zero-order chi connectivity index (χ0) is 12.3. The molecule has 2 aromatic rings. The minimum absolute atomic E-state index is 0.283. The number of hydrogen-bond acceptors (Lipinski definition) is 4. The number of benzene rings is 1. The number of nitrogens with zero attached hydrogens (tertiary/aromatic N) is 2. The van der Waals surface area contributed by atoms with Gasteiger partial charge in [-0.1, -0.05) is 0 Å². The molecular formula is C11H9FIN3O. The van der Waals surface area contributed by atoms with Crippen molar-refractivity contribution >= 4 is 34.2 Å². The monoisotopic (exact) mass is 345 g/mol. The van der Waals surface area contributed by atoms with Crippen LogP contribution in [0.5, 0.6) is 5.75 Å². The fourth-order valence-electron chi connectivity index (χ4n) is 1.22. The molecule has 0 bridgehead atoms. The number of methoxy groups -OCH3 is 1. The van der Waals surface area contributed by atoms with Gasteiger partial charge < -0.3 is 10.1 Å². The van der Waals surface area contributed by atoms with Crippen LogP contribution in [0.4, 0.5) is 16.0 Å². The van der Waals surface area contributed by atoms with Crippen LogP contribution in [0.15, 0.2) is 30.6 Å². The predicted molar refractivity (Wildman–Crippen MR) is 71.0 cm³/mol. The summed E-state index contributed by atoms with van der Waals surface area (Å²) in [6, 6.07) is 4.43. The molecule has 0 radical (unpaired) electrons. The van der Waals surface area contributed by atoms with Crippen molar-refractivity contribution in [2.24, 2.45) is 0 Å². The highest BCUT2D eigenvalue weighted by molar-refractivity contribution is 14.1. The van der Waals surface area contributed by atoms with E-state index in [-0.39, 0.29) is 11.5 Å². The van der Waals surface area contributed by atoms with E-state index in [1.165, 1.54) is 13.2 Å². The maximum atomic E-state index is 13.5. The van der Waals surface area contributed by atoms with E-state index >= 15 is 0 Å². The van der Waals surface area contributed by atoms with E-state index in [0.29, 0.717) is 11.7 Å². The van der Waals surface area contributed by atoms with Gasteiger partial charge in [0.15, 0.2) is 0 Å². The Morgan fingerprint density at radius 2 is 2.00 bits per heavy atom. The van der Waals surface area contributed by atoms with E-state index in [1.807, 2.05) is 0 Å². The third kappa shape index (κ3) is 3.02. The zero-order valence-electron chi connectivity index (χ0n) is 8.95. The van der Waals surface area contributed by atoms with Crippen LogP contribution in [0.3, 0.4) is 0 Å². The number of nitrogens with one attached hydrogen (secondary N) is 1. The van der Waals surface area contributed by atoms with E-state index in [1.54, 1.807) is 24.5 Å². The molecule has 1 heterocycles. The molecule has 0 saturated carbocycles. The van der Waals surface area contributed by atoms with Gasteiger partial charge in [0.25, 0.3) is 0 Å². The van der Waals surface area contributed by atoms with Crippen LogP contribution in [-0.2, 0) is 0 Å². The molecule has 6 heteroatoms. The molecule has 88 valence electrons. The molecular weight excluding hydrogens is 336 g/mol. The number of rotatable bonds is 3. The van der Waals surface area contributed by atoms with Crippen molar-refractivity contribution in [2.45, 2.75) is 0 Å². The molecule has 0 aliphatic rings. The number of aromatic nitrogens is 2. The summed E-state index contributed by atoms with van der Waals surface area (Å²) < 4.78 is 19.4. The van der Waals surface area contributed by atoms with Gasteiger partial charge in [0.05, 0.1) is 12.8 Å². The minimum Gasteiger partial charge on any atom is -0.497 e. The smallest absolute Gasteiger partial charge is 0.227 e. The highest BCUT2D eigenvalue weighted by Gasteiger charge is 2.05. The number of ether oxygens (including phenoxy) is 1. The summed E-state index contributed by atoms with van der Waals surface area (Å²) >= 11 is 2.10. The van der Waals surface area contributed by atoms with Crippen LogP contribution in [0.2, 0.25) is 0 Å². The highest BCUT2D eigenvalue weighted by Crippen LogP contribution is 2.23. The molecule has 0 unspecified atom stereocenters. The second-order valence-electron chi connectivity index (χ2n) is 3.20. The van der Waals surface area contributed by atoms with Gasteiger partial charge in [0, 0.05) is 22.0 Å². The number of hydrogen-bond donors (Lipinski definition) is 1. The lowest BCUT2D eigenvalue weighted by molar-refractivity contribution is 0.414. The Morgan fingerprint density at radius 1 is 1.29 bits per heavy atom. The van der Waals surface area contributed by atoms with Gasteiger partial charge in [-0.2, -0.15) is 0 Å². The first kappa shape index (κ1) is 12.0. The average Bonchev–Trinajstić information content (AvgIpc) is 2.35. The van der Waals surface area contributed by atoms with Crippen molar-refractivity contribution in [2.75, 3.05) is 12.4 Å². The van der Waals surface area contributed by atoms with Crippen molar-refractivity contribution in [3.05, 3.63) is 40.0 Å². The molecule has 0 amide bonds. The van der Waals surface area contributed by atoms with Crippen LogP contribution in [0.1, 0.15) is 0 Å². The van der Waals surface area contributed by atoms with Crippen molar-refractivity contribution in [1.29, 1.82) is 0 Å². The Morgan fingerprint density at radius 3 is 2.65 bits per heavy atom. The van der Waals surface area contributed by atoms with E-state index in [4.69, 9.17) is 4.74 Å². The molecule has 0 saturated heterocycles. The summed E-state index contributed by atoms with van der Waals surface area (Å²) in [5.41, 5.74) is 0.283. The van der Waals surface area contributed by atoms with Gasteiger partial charge in [-0.05, 0) is 34.7 Å². The molecule has 4 nitrogen and oxygen atoms in total. The van der Waals surface area contributed by atoms with Gasteiger partial charge >= 0.3 is 0 Å². The van der Waals surface area contributed by atoms with E-state index in [2.05, 4.69) is 37.9 Å². The second kappa shape index (κ2) is 5.26. The van der Waals surface area contributed by atoms with Gasteiger partial charge in [-0.15, -0.1) is 0 Å². The first-order valence-corrected chi connectivity index (χ1v) is 5.85. The zero-order valence-corrected chi connectivity index (χ0v) is 11.1.